The van der Waals surface area contributed by atoms with Crippen LogP contribution in [0.2, 0.25) is 0 Å². The van der Waals surface area contributed by atoms with Crippen LogP contribution in [-0.2, 0) is 21.4 Å². The Kier molecular flexibility index (Phi) is 6.42. The van der Waals surface area contributed by atoms with Crippen molar-refractivity contribution in [2.75, 3.05) is 18.9 Å². The Morgan fingerprint density at radius 3 is 2.72 bits per heavy atom. The number of ether oxygens (including phenoxy) is 1. The summed E-state index contributed by atoms with van der Waals surface area (Å²) in [6.07, 6.45) is -4.63. The number of aliphatic hydroxyl groups is 2. The number of aliphatic hydroxyl groups excluding tert-OH is 2. The van der Waals surface area contributed by atoms with Crippen molar-refractivity contribution in [2.45, 2.75) is 31.2 Å². The molecule has 1 unspecified atom stereocenters. The van der Waals surface area contributed by atoms with Crippen molar-refractivity contribution >= 4 is 22.3 Å². The average molecular weight is 399 g/mol. The van der Waals surface area contributed by atoms with Crippen molar-refractivity contribution in [3.05, 3.63) is 26.9 Å². The van der Waals surface area contributed by atoms with Gasteiger partial charge in [0.05, 0.1) is 12.4 Å². The predicted molar refractivity (Wildman–Crippen MR) is 85.9 cm³/mol. The van der Waals surface area contributed by atoms with Crippen molar-refractivity contribution in [3.8, 4) is 0 Å². The molecule has 1 fully saturated rings. The molecule has 0 spiro atoms. The molecule has 5 N–H and O–H groups in total. The zero-order chi connectivity index (χ0) is 18.8. The summed E-state index contributed by atoms with van der Waals surface area (Å²) in [7, 11) is -4.13. The summed E-state index contributed by atoms with van der Waals surface area (Å²) < 4.78 is 50.3. The van der Waals surface area contributed by atoms with Gasteiger partial charge in [-0.1, -0.05) is 0 Å². The summed E-state index contributed by atoms with van der Waals surface area (Å²) >= 11 is 4.97. The van der Waals surface area contributed by atoms with Gasteiger partial charge in [-0.2, -0.15) is 8.42 Å². The van der Waals surface area contributed by atoms with Crippen LogP contribution >= 0.6 is 12.2 Å². The fourth-order valence-electron chi connectivity index (χ4n) is 2.34. The molecule has 142 valence electrons. The molecule has 0 amide bonds. The fourth-order valence-corrected chi connectivity index (χ4v) is 3.00. The number of aromatic nitrogens is 2. The Morgan fingerprint density at radius 2 is 2.16 bits per heavy atom. The van der Waals surface area contributed by atoms with Gasteiger partial charge in [-0.3, -0.25) is 18.9 Å². The fraction of sp³-hybridized carbons (Fsp3) is 0.667. The highest BCUT2D eigenvalue weighted by Gasteiger charge is 2.45. The monoisotopic (exact) mass is 399 g/mol. The zero-order valence-corrected chi connectivity index (χ0v) is 14.5. The number of alkyl halides is 1. The maximum absolute atomic E-state index is 14.2. The Labute approximate surface area is 147 Å². The molecule has 1 aliphatic rings. The number of hydrogen-bond acceptors (Lipinski definition) is 8. The maximum atomic E-state index is 14.2. The number of nitrogens with zero attached hydrogens (tertiary/aromatic N) is 1. The number of rotatable bonds is 7. The molecule has 0 aliphatic carbocycles. The molecule has 25 heavy (non-hydrogen) atoms. The quantitative estimate of drug-likeness (QED) is 0.209. The molecule has 2 heterocycles. The average Bonchev–Trinajstić information content (AvgIpc) is 2.80. The van der Waals surface area contributed by atoms with Crippen molar-refractivity contribution < 1.29 is 32.3 Å². The van der Waals surface area contributed by atoms with Gasteiger partial charge in [-0.15, -0.1) is 0 Å². The van der Waals surface area contributed by atoms with Crippen molar-refractivity contribution in [1.82, 2.24) is 14.9 Å². The third-order valence-corrected chi connectivity index (χ3v) is 4.67. The van der Waals surface area contributed by atoms with Crippen LogP contribution < -0.4 is 10.9 Å². The van der Waals surface area contributed by atoms with E-state index in [-0.39, 0.29) is 23.4 Å². The number of nitrogens with one attached hydrogen (secondary N) is 2. The SMILES string of the molecule is O=c1[nH]c(=S)n([C@@H]2O[C@H](CO)C(O)[C@@H]2F)cc1CNCCS(=O)(=O)O. The van der Waals surface area contributed by atoms with E-state index < -0.39 is 52.6 Å². The van der Waals surface area contributed by atoms with Crippen molar-refractivity contribution in [3.63, 3.8) is 0 Å². The lowest BCUT2D eigenvalue weighted by atomic mass is 10.1. The minimum absolute atomic E-state index is 0.0733. The Bertz CT molecular complexity index is 825. The number of aromatic amines is 1. The lowest BCUT2D eigenvalue weighted by molar-refractivity contribution is -0.0485. The van der Waals surface area contributed by atoms with E-state index in [9.17, 15) is 22.7 Å². The number of hydrogen-bond donors (Lipinski definition) is 5. The van der Waals surface area contributed by atoms with Gasteiger partial charge in [0.25, 0.3) is 15.7 Å². The van der Waals surface area contributed by atoms with Crippen LogP contribution in [0.25, 0.3) is 0 Å². The van der Waals surface area contributed by atoms with Gasteiger partial charge in [0.1, 0.15) is 12.2 Å². The summed E-state index contributed by atoms with van der Waals surface area (Å²) in [5.41, 5.74) is -0.449. The number of H-pyrrole nitrogens is 1. The van der Waals surface area contributed by atoms with Crippen LogP contribution in [0.4, 0.5) is 4.39 Å². The van der Waals surface area contributed by atoms with E-state index >= 15 is 0 Å². The second-order valence-corrected chi connectivity index (χ2v) is 7.43. The van der Waals surface area contributed by atoms with E-state index in [2.05, 4.69) is 10.3 Å². The summed E-state index contributed by atoms with van der Waals surface area (Å²) in [5, 5.41) is 21.4. The molecule has 0 aromatic carbocycles. The topological polar surface area (TPSA) is 154 Å². The lowest BCUT2D eigenvalue weighted by Gasteiger charge is -2.18. The Hall–Kier alpha value is -1.22. The van der Waals surface area contributed by atoms with Gasteiger partial charge in [0.2, 0.25) is 0 Å². The van der Waals surface area contributed by atoms with E-state index in [4.69, 9.17) is 26.6 Å². The first-order valence-corrected chi connectivity index (χ1v) is 9.24. The Morgan fingerprint density at radius 1 is 1.48 bits per heavy atom. The van der Waals surface area contributed by atoms with Gasteiger partial charge in [0.15, 0.2) is 17.2 Å². The molecule has 13 heteroatoms. The molecule has 0 radical (unpaired) electrons. The van der Waals surface area contributed by atoms with E-state index in [0.717, 1.165) is 4.57 Å². The summed E-state index contributed by atoms with van der Waals surface area (Å²) in [6.45, 7) is -0.764. The van der Waals surface area contributed by atoms with Crippen LogP contribution in [0, 0.1) is 4.77 Å². The highest BCUT2D eigenvalue weighted by molar-refractivity contribution is 7.85. The summed E-state index contributed by atoms with van der Waals surface area (Å²) in [4.78, 5) is 14.2. The smallest absolute Gasteiger partial charge is 0.266 e. The van der Waals surface area contributed by atoms with E-state index in [1.165, 1.54) is 6.20 Å². The standard InChI is InChI=1S/C12H18FN3O7S2/c13-8-9(18)7(5-17)23-11(8)16-4-6(10(19)15-12(16)24)3-14-1-2-25(20,21)22/h4,7-9,11,14,17-18H,1-3,5H2,(H,15,19,24)(H,20,21,22)/t7-,8+,9?,11-/m1/s1. The first-order chi connectivity index (χ1) is 11.6. The molecular weight excluding hydrogens is 381 g/mol. The zero-order valence-electron chi connectivity index (χ0n) is 12.8. The first kappa shape index (κ1) is 20.1. The lowest BCUT2D eigenvalue weighted by Crippen LogP contribution is -2.31. The van der Waals surface area contributed by atoms with Crippen LogP contribution in [0.1, 0.15) is 11.8 Å². The Balaban J connectivity index is 2.18. The van der Waals surface area contributed by atoms with Crippen LogP contribution in [0.3, 0.4) is 0 Å². The van der Waals surface area contributed by atoms with Gasteiger partial charge in [-0.25, -0.2) is 4.39 Å². The first-order valence-electron chi connectivity index (χ1n) is 7.22. The second-order valence-electron chi connectivity index (χ2n) is 5.47. The molecule has 1 aliphatic heterocycles. The summed E-state index contributed by atoms with van der Waals surface area (Å²) in [6, 6.07) is 0. The van der Waals surface area contributed by atoms with E-state index in [1.807, 2.05) is 0 Å². The minimum Gasteiger partial charge on any atom is -0.394 e. The third kappa shape index (κ3) is 4.91. The largest absolute Gasteiger partial charge is 0.394 e. The van der Waals surface area contributed by atoms with Crippen LogP contribution in [0.15, 0.2) is 11.0 Å². The normalized spacial score (nSPS) is 26.9. The van der Waals surface area contributed by atoms with E-state index in [1.54, 1.807) is 0 Å². The molecule has 0 bridgehead atoms. The molecule has 1 saturated heterocycles. The van der Waals surface area contributed by atoms with Crippen LogP contribution in [-0.4, -0.2) is 70.0 Å². The minimum atomic E-state index is -4.13. The van der Waals surface area contributed by atoms with Crippen LogP contribution in [0.5, 0.6) is 0 Å². The molecule has 0 saturated carbocycles. The second kappa shape index (κ2) is 7.99. The third-order valence-electron chi connectivity index (χ3n) is 3.64. The number of halogens is 1. The molecular formula is C12H18FN3O7S2. The molecule has 10 nitrogen and oxygen atoms in total. The van der Waals surface area contributed by atoms with Gasteiger partial charge < -0.3 is 20.3 Å². The summed E-state index contributed by atoms with van der Waals surface area (Å²) in [5.74, 6) is -0.535. The molecule has 2 rings (SSSR count). The highest BCUT2D eigenvalue weighted by atomic mass is 32.2. The van der Waals surface area contributed by atoms with Gasteiger partial charge in [-0.05, 0) is 12.2 Å². The predicted octanol–water partition coefficient (Wildman–Crippen LogP) is -1.53. The molecule has 4 atom stereocenters. The van der Waals surface area contributed by atoms with Gasteiger partial charge in [0, 0.05) is 24.8 Å². The highest BCUT2D eigenvalue weighted by Crippen LogP contribution is 2.31. The van der Waals surface area contributed by atoms with Gasteiger partial charge >= 0.3 is 0 Å². The van der Waals surface area contributed by atoms with E-state index in [0.29, 0.717) is 0 Å². The molecule has 1 aromatic heterocycles. The van der Waals surface area contributed by atoms with Crippen molar-refractivity contribution in [1.29, 1.82) is 0 Å². The maximum Gasteiger partial charge on any atom is 0.266 e. The molecule has 1 aromatic rings. The van der Waals surface area contributed by atoms with Crippen molar-refractivity contribution in [2.24, 2.45) is 0 Å².